The van der Waals surface area contributed by atoms with E-state index in [1.165, 1.54) is 6.26 Å². The number of nitrogen functional groups attached to an aromatic ring is 1. The van der Waals surface area contributed by atoms with Gasteiger partial charge >= 0.3 is 0 Å². The summed E-state index contributed by atoms with van der Waals surface area (Å²) < 4.78 is 51.1. The lowest BCUT2D eigenvalue weighted by Crippen LogP contribution is -2.33. The van der Waals surface area contributed by atoms with Crippen molar-refractivity contribution in [3.05, 3.63) is 22.4 Å². The smallest absolute Gasteiger partial charge is 0.243 e. The number of anilines is 1. The number of hydrogen-bond acceptors (Lipinski definition) is 4. The quantitative estimate of drug-likeness (QED) is 0.760. The van der Waals surface area contributed by atoms with Gasteiger partial charge in [0.25, 0.3) is 0 Å². The number of rotatable bonds is 5. The van der Waals surface area contributed by atoms with E-state index in [2.05, 4.69) is 20.7 Å². The first-order chi connectivity index (χ1) is 8.65. The maximum Gasteiger partial charge on any atom is 0.243 e. The van der Waals surface area contributed by atoms with Gasteiger partial charge in [-0.3, -0.25) is 4.21 Å². The van der Waals surface area contributed by atoms with Crippen LogP contribution < -0.4 is 10.5 Å². The van der Waals surface area contributed by atoms with E-state index >= 15 is 0 Å². The molecule has 2 atom stereocenters. The van der Waals surface area contributed by atoms with Crippen LogP contribution in [0.4, 0.5) is 10.1 Å². The first-order valence-corrected chi connectivity index (χ1v) is 9.11. The number of benzene rings is 1. The Hall–Kier alpha value is -0.510. The van der Waals surface area contributed by atoms with Crippen molar-refractivity contribution in [3.8, 4) is 0 Å². The molecule has 0 heterocycles. The molecular formula is C10H14BrFN2O3S2. The van der Waals surface area contributed by atoms with Crippen LogP contribution in [-0.2, 0) is 20.8 Å². The summed E-state index contributed by atoms with van der Waals surface area (Å²) in [5.74, 6) is -0.904. The third kappa shape index (κ3) is 4.23. The summed E-state index contributed by atoms with van der Waals surface area (Å²) in [5.41, 5.74) is 5.66. The van der Waals surface area contributed by atoms with Gasteiger partial charge in [0.05, 0.1) is 0 Å². The van der Waals surface area contributed by atoms with Crippen LogP contribution >= 0.6 is 15.9 Å². The highest BCUT2D eigenvalue weighted by Gasteiger charge is 2.21. The lowest BCUT2D eigenvalue weighted by Gasteiger charge is -2.12. The molecule has 9 heteroatoms. The molecule has 1 rings (SSSR count). The molecule has 0 saturated heterocycles. The predicted molar refractivity (Wildman–Crippen MR) is 77.2 cm³/mol. The monoisotopic (exact) mass is 372 g/mol. The van der Waals surface area contributed by atoms with E-state index in [-0.39, 0.29) is 22.0 Å². The minimum atomic E-state index is -4.02. The Morgan fingerprint density at radius 1 is 1.53 bits per heavy atom. The van der Waals surface area contributed by atoms with Gasteiger partial charge in [-0.2, -0.15) is 0 Å². The van der Waals surface area contributed by atoms with Crippen molar-refractivity contribution >= 4 is 42.4 Å². The number of hydrogen-bond donors (Lipinski definition) is 2. The van der Waals surface area contributed by atoms with Gasteiger partial charge in [0.2, 0.25) is 10.0 Å². The molecule has 0 bridgehead atoms. The second kappa shape index (κ2) is 6.29. The van der Waals surface area contributed by atoms with Gasteiger partial charge in [-0.1, -0.05) is 0 Å². The van der Waals surface area contributed by atoms with Crippen molar-refractivity contribution in [1.29, 1.82) is 0 Å². The van der Waals surface area contributed by atoms with Crippen molar-refractivity contribution in [2.75, 3.05) is 18.5 Å². The molecule has 5 nitrogen and oxygen atoms in total. The summed E-state index contributed by atoms with van der Waals surface area (Å²) in [4.78, 5) is -0.526. The molecule has 0 fully saturated rings. The number of halogens is 2. The van der Waals surface area contributed by atoms with E-state index in [0.29, 0.717) is 0 Å². The highest BCUT2D eigenvalue weighted by atomic mass is 79.9. The molecule has 1 aromatic rings. The van der Waals surface area contributed by atoms with Crippen LogP contribution in [0.3, 0.4) is 0 Å². The first kappa shape index (κ1) is 16.5. The Balaban J connectivity index is 3.01. The van der Waals surface area contributed by atoms with Crippen molar-refractivity contribution < 1.29 is 17.0 Å². The lowest BCUT2D eigenvalue weighted by atomic mass is 10.3. The lowest BCUT2D eigenvalue weighted by molar-refractivity contribution is 0.556. The van der Waals surface area contributed by atoms with Gasteiger partial charge in [0, 0.05) is 39.0 Å². The molecule has 19 heavy (non-hydrogen) atoms. The van der Waals surface area contributed by atoms with E-state index in [1.54, 1.807) is 6.92 Å². The topological polar surface area (TPSA) is 89.3 Å². The van der Waals surface area contributed by atoms with Crippen LogP contribution in [0.1, 0.15) is 6.92 Å². The molecule has 0 amide bonds. The third-order valence-electron chi connectivity index (χ3n) is 2.47. The fraction of sp³-hybridized carbons (Fsp3) is 0.400. The molecule has 0 aromatic heterocycles. The summed E-state index contributed by atoms with van der Waals surface area (Å²) in [6.07, 6.45) is 1.47. The second-order valence-electron chi connectivity index (χ2n) is 3.97. The molecule has 0 spiro atoms. The van der Waals surface area contributed by atoms with Gasteiger partial charge in [-0.25, -0.2) is 17.5 Å². The molecule has 3 N–H and O–H groups in total. The first-order valence-electron chi connectivity index (χ1n) is 5.21. The fourth-order valence-corrected chi connectivity index (χ4v) is 3.13. The van der Waals surface area contributed by atoms with Crippen LogP contribution in [0.15, 0.2) is 21.5 Å². The maximum atomic E-state index is 13.6. The molecule has 0 aliphatic rings. The Bertz CT molecular complexity index is 607. The van der Waals surface area contributed by atoms with E-state index in [0.717, 1.165) is 12.1 Å². The second-order valence-corrected chi connectivity index (χ2v) is 8.36. The fourth-order valence-electron chi connectivity index (χ4n) is 1.17. The van der Waals surface area contributed by atoms with Gasteiger partial charge in [0.15, 0.2) is 0 Å². The van der Waals surface area contributed by atoms with Crippen molar-refractivity contribution in [2.45, 2.75) is 17.1 Å². The summed E-state index contributed by atoms with van der Waals surface area (Å²) in [7, 11) is -5.19. The van der Waals surface area contributed by atoms with E-state index < -0.39 is 31.5 Å². The average Bonchev–Trinajstić information content (AvgIpc) is 2.30. The van der Waals surface area contributed by atoms with E-state index in [4.69, 9.17) is 5.73 Å². The van der Waals surface area contributed by atoms with Crippen molar-refractivity contribution in [2.24, 2.45) is 0 Å². The van der Waals surface area contributed by atoms with Gasteiger partial charge in [0.1, 0.15) is 10.7 Å². The number of sulfonamides is 1. The Labute approximate surface area is 122 Å². The zero-order valence-corrected chi connectivity index (χ0v) is 13.5. The highest BCUT2D eigenvalue weighted by Crippen LogP contribution is 2.25. The van der Waals surface area contributed by atoms with E-state index in [1.807, 2.05) is 0 Å². The molecular weight excluding hydrogens is 359 g/mol. The van der Waals surface area contributed by atoms with Gasteiger partial charge in [-0.05, 0) is 35.0 Å². The summed E-state index contributed by atoms with van der Waals surface area (Å²) >= 11 is 3.01. The Kier molecular flexibility index (Phi) is 5.48. The minimum Gasteiger partial charge on any atom is -0.398 e. The highest BCUT2D eigenvalue weighted by molar-refractivity contribution is 9.10. The molecule has 0 saturated carbocycles. The summed E-state index contributed by atoms with van der Waals surface area (Å²) in [6, 6.07) is 2.03. The molecule has 1 aromatic carbocycles. The Morgan fingerprint density at radius 3 is 2.63 bits per heavy atom. The number of nitrogens with two attached hydrogens (primary N) is 1. The predicted octanol–water partition coefficient (Wildman–Crippen LogP) is 1.22. The van der Waals surface area contributed by atoms with Gasteiger partial charge in [-0.15, -0.1) is 0 Å². The summed E-state index contributed by atoms with van der Waals surface area (Å²) in [5, 5.41) is -0.370. The largest absolute Gasteiger partial charge is 0.398 e. The summed E-state index contributed by atoms with van der Waals surface area (Å²) in [6.45, 7) is 1.59. The van der Waals surface area contributed by atoms with Crippen LogP contribution in [0.2, 0.25) is 0 Å². The van der Waals surface area contributed by atoms with Crippen LogP contribution in [0, 0.1) is 5.82 Å². The average molecular weight is 373 g/mol. The SMILES string of the molecule is CC(CNS(=O)(=O)c1cc(N)c(Br)cc1F)S(C)=O. The van der Waals surface area contributed by atoms with Crippen molar-refractivity contribution in [3.63, 3.8) is 0 Å². The maximum absolute atomic E-state index is 13.6. The zero-order chi connectivity index (χ0) is 14.8. The molecule has 2 unspecified atom stereocenters. The zero-order valence-electron chi connectivity index (χ0n) is 10.3. The molecule has 0 radical (unpaired) electrons. The normalized spacial score (nSPS) is 15.2. The van der Waals surface area contributed by atoms with Crippen molar-refractivity contribution in [1.82, 2.24) is 4.72 Å². The molecule has 0 aliphatic carbocycles. The van der Waals surface area contributed by atoms with Crippen LogP contribution in [0.5, 0.6) is 0 Å². The standard InChI is InChI=1S/C10H14BrFN2O3S2/c1-6(18(2)15)5-14-19(16,17)10-4-9(13)7(11)3-8(10)12/h3-4,6,14H,5,13H2,1-2H3. The third-order valence-corrected chi connectivity index (χ3v) is 5.89. The van der Waals surface area contributed by atoms with Crippen LogP contribution in [-0.4, -0.2) is 30.7 Å². The molecule has 108 valence electrons. The molecule has 0 aliphatic heterocycles. The number of nitrogens with one attached hydrogen (secondary N) is 1. The Morgan fingerprint density at radius 2 is 2.11 bits per heavy atom. The van der Waals surface area contributed by atoms with Crippen LogP contribution in [0.25, 0.3) is 0 Å². The van der Waals surface area contributed by atoms with Gasteiger partial charge < -0.3 is 5.73 Å². The van der Waals surface area contributed by atoms with E-state index in [9.17, 15) is 17.0 Å². The minimum absolute atomic E-state index is 0.0408.